The molecule has 0 aromatic heterocycles. The summed E-state index contributed by atoms with van der Waals surface area (Å²) in [6.45, 7) is 2.04. The molecule has 1 heterocycles. The maximum atomic E-state index is 13.3. The molecule has 2 unspecified atom stereocenters. The van der Waals surface area contributed by atoms with Gasteiger partial charge in [0.2, 0.25) is 5.91 Å². The first-order valence-electron chi connectivity index (χ1n) is 9.32. The second-order valence-corrected chi connectivity index (χ2v) is 7.69. The number of aryl methyl sites for hydroxylation is 1. The van der Waals surface area contributed by atoms with Gasteiger partial charge in [-0.3, -0.25) is 9.79 Å². The standard InChI is InChI=1S/C21H22F3N3OS/c1-2-14-8-10-16(11-9-14)25-19(28)13-29-20-26-17(15-6-4-3-5-7-15)12-18(27-20)21(22,23)24/h3-11,17-18H,2,12-13H2,1H3,(H,25,28)(H,26,27). The van der Waals surface area contributed by atoms with E-state index >= 15 is 0 Å². The van der Waals surface area contributed by atoms with Crippen molar-refractivity contribution in [2.75, 3.05) is 11.1 Å². The second kappa shape index (κ2) is 9.35. The van der Waals surface area contributed by atoms with Crippen LogP contribution < -0.4 is 10.6 Å². The molecule has 29 heavy (non-hydrogen) atoms. The van der Waals surface area contributed by atoms with E-state index in [1.54, 1.807) is 24.3 Å². The van der Waals surface area contributed by atoms with E-state index in [-0.39, 0.29) is 23.2 Å². The minimum atomic E-state index is -4.39. The van der Waals surface area contributed by atoms with Crippen LogP contribution in [0.4, 0.5) is 18.9 Å². The quantitative estimate of drug-likeness (QED) is 0.719. The highest BCUT2D eigenvalue weighted by molar-refractivity contribution is 8.14. The highest BCUT2D eigenvalue weighted by Gasteiger charge is 2.43. The van der Waals surface area contributed by atoms with Gasteiger partial charge in [-0.15, -0.1) is 0 Å². The van der Waals surface area contributed by atoms with E-state index in [0.29, 0.717) is 5.69 Å². The fraction of sp³-hybridized carbons (Fsp3) is 0.333. The maximum absolute atomic E-state index is 13.3. The van der Waals surface area contributed by atoms with Crippen molar-refractivity contribution < 1.29 is 18.0 Å². The highest BCUT2D eigenvalue weighted by atomic mass is 32.2. The van der Waals surface area contributed by atoms with Gasteiger partial charge in [-0.05, 0) is 29.7 Å². The molecule has 0 aliphatic carbocycles. The van der Waals surface area contributed by atoms with Crippen molar-refractivity contribution >= 4 is 28.5 Å². The zero-order valence-electron chi connectivity index (χ0n) is 15.9. The smallest absolute Gasteiger partial charge is 0.353 e. The van der Waals surface area contributed by atoms with E-state index in [9.17, 15) is 18.0 Å². The number of amides is 1. The summed E-state index contributed by atoms with van der Waals surface area (Å²) in [5.41, 5.74) is 2.53. The molecule has 8 heteroatoms. The van der Waals surface area contributed by atoms with E-state index in [1.807, 2.05) is 37.3 Å². The summed E-state index contributed by atoms with van der Waals surface area (Å²) in [5.74, 6) is -0.331. The number of nitrogens with zero attached hydrogens (tertiary/aromatic N) is 1. The van der Waals surface area contributed by atoms with Crippen LogP contribution in [-0.4, -0.2) is 29.0 Å². The van der Waals surface area contributed by atoms with Crippen LogP contribution in [0.2, 0.25) is 0 Å². The molecule has 0 spiro atoms. The summed E-state index contributed by atoms with van der Waals surface area (Å²) in [6.07, 6.45) is -3.66. The number of carbonyl (C=O) groups is 1. The molecule has 1 aliphatic heterocycles. The van der Waals surface area contributed by atoms with Crippen molar-refractivity contribution in [1.82, 2.24) is 5.32 Å². The Kier molecular flexibility index (Phi) is 6.84. The van der Waals surface area contributed by atoms with Gasteiger partial charge in [0.15, 0.2) is 5.17 Å². The van der Waals surface area contributed by atoms with Crippen LogP contribution in [0.25, 0.3) is 0 Å². The Bertz CT molecular complexity index is 854. The molecular weight excluding hydrogens is 399 g/mol. The highest BCUT2D eigenvalue weighted by Crippen LogP contribution is 2.34. The van der Waals surface area contributed by atoms with E-state index in [4.69, 9.17) is 0 Å². The molecule has 1 amide bonds. The number of anilines is 1. The predicted molar refractivity (Wildman–Crippen MR) is 111 cm³/mol. The number of thioether (sulfide) groups is 1. The molecule has 4 nitrogen and oxygen atoms in total. The molecule has 0 fully saturated rings. The van der Waals surface area contributed by atoms with Crippen molar-refractivity contribution in [3.8, 4) is 0 Å². The maximum Gasteiger partial charge on any atom is 0.408 e. The minimum absolute atomic E-state index is 0.0343. The first-order valence-corrected chi connectivity index (χ1v) is 10.3. The number of amidine groups is 1. The molecule has 2 aromatic rings. The van der Waals surface area contributed by atoms with Crippen LogP contribution >= 0.6 is 11.8 Å². The third kappa shape index (κ3) is 6.00. The van der Waals surface area contributed by atoms with Crippen LogP contribution in [0.1, 0.15) is 30.5 Å². The Hall–Kier alpha value is -2.48. The number of benzene rings is 2. The fourth-order valence-corrected chi connectivity index (χ4v) is 3.77. The van der Waals surface area contributed by atoms with Crippen molar-refractivity contribution in [3.63, 3.8) is 0 Å². The lowest BCUT2D eigenvalue weighted by atomic mass is 9.98. The molecule has 2 atom stereocenters. The number of aliphatic imine (C=N–C) groups is 1. The summed E-state index contributed by atoms with van der Waals surface area (Å²) < 4.78 is 40.0. The molecule has 0 saturated heterocycles. The monoisotopic (exact) mass is 421 g/mol. The topological polar surface area (TPSA) is 53.5 Å². The van der Waals surface area contributed by atoms with E-state index in [0.717, 1.165) is 29.3 Å². The zero-order valence-corrected chi connectivity index (χ0v) is 16.7. The number of alkyl halides is 3. The Morgan fingerprint density at radius 2 is 1.86 bits per heavy atom. The largest absolute Gasteiger partial charge is 0.408 e. The first kappa shape index (κ1) is 21.2. The third-order valence-electron chi connectivity index (χ3n) is 4.60. The Labute approximate surface area is 172 Å². The average molecular weight is 421 g/mol. The zero-order chi connectivity index (χ0) is 20.9. The van der Waals surface area contributed by atoms with Crippen molar-refractivity contribution in [3.05, 3.63) is 65.7 Å². The van der Waals surface area contributed by atoms with Gasteiger partial charge in [0, 0.05) is 12.1 Å². The summed E-state index contributed by atoms with van der Waals surface area (Å²) in [7, 11) is 0. The normalized spacial score (nSPS) is 19.2. The summed E-state index contributed by atoms with van der Waals surface area (Å²) >= 11 is 0.978. The number of halogens is 3. The van der Waals surface area contributed by atoms with Crippen LogP contribution in [0.3, 0.4) is 0 Å². The number of hydrogen-bond acceptors (Lipinski definition) is 4. The third-order valence-corrected chi connectivity index (χ3v) is 5.50. The van der Waals surface area contributed by atoms with E-state index in [1.165, 1.54) is 0 Å². The van der Waals surface area contributed by atoms with Crippen molar-refractivity contribution in [1.29, 1.82) is 0 Å². The molecule has 1 aliphatic rings. The molecule has 3 rings (SSSR count). The molecule has 2 N–H and O–H groups in total. The van der Waals surface area contributed by atoms with Crippen LogP contribution in [0, 0.1) is 0 Å². The van der Waals surface area contributed by atoms with E-state index in [2.05, 4.69) is 15.6 Å². The van der Waals surface area contributed by atoms with Gasteiger partial charge in [0.25, 0.3) is 0 Å². The fourth-order valence-electron chi connectivity index (χ4n) is 3.00. The minimum Gasteiger partial charge on any atom is -0.353 e. The van der Waals surface area contributed by atoms with Gasteiger partial charge in [0.1, 0.15) is 6.04 Å². The lowest BCUT2D eigenvalue weighted by Crippen LogP contribution is -2.48. The molecule has 0 radical (unpaired) electrons. The van der Waals surface area contributed by atoms with E-state index < -0.39 is 18.3 Å². The first-order chi connectivity index (χ1) is 13.8. The Morgan fingerprint density at radius 1 is 1.17 bits per heavy atom. The molecule has 154 valence electrons. The van der Waals surface area contributed by atoms with Crippen molar-refractivity contribution in [2.45, 2.75) is 38.0 Å². The molecule has 0 bridgehead atoms. The molecular formula is C21H22F3N3OS. The Balaban J connectivity index is 1.65. The van der Waals surface area contributed by atoms with Crippen LogP contribution in [-0.2, 0) is 11.2 Å². The van der Waals surface area contributed by atoms with Gasteiger partial charge >= 0.3 is 6.18 Å². The Morgan fingerprint density at radius 3 is 2.48 bits per heavy atom. The number of hydrogen-bond donors (Lipinski definition) is 2. The lowest BCUT2D eigenvalue weighted by molar-refractivity contribution is -0.155. The summed E-state index contributed by atoms with van der Waals surface area (Å²) in [4.78, 5) is 16.6. The van der Waals surface area contributed by atoms with Gasteiger partial charge in [-0.1, -0.05) is 61.2 Å². The SMILES string of the molecule is CCc1ccc(NC(=O)CSC2=NC(c3ccccc3)CC(C(F)(F)F)N2)cc1. The number of nitrogens with one attached hydrogen (secondary N) is 2. The van der Waals surface area contributed by atoms with Crippen LogP contribution in [0.15, 0.2) is 59.6 Å². The van der Waals surface area contributed by atoms with Crippen molar-refractivity contribution in [2.24, 2.45) is 4.99 Å². The van der Waals surface area contributed by atoms with Crippen LogP contribution in [0.5, 0.6) is 0 Å². The van der Waals surface area contributed by atoms with Gasteiger partial charge in [-0.25, -0.2) is 0 Å². The lowest BCUT2D eigenvalue weighted by Gasteiger charge is -2.31. The predicted octanol–water partition coefficient (Wildman–Crippen LogP) is 4.94. The molecule has 0 saturated carbocycles. The second-order valence-electron chi connectivity index (χ2n) is 6.72. The summed E-state index contributed by atoms with van der Waals surface area (Å²) in [5, 5.41) is 5.32. The average Bonchev–Trinajstić information content (AvgIpc) is 2.72. The number of carbonyl (C=O) groups excluding carboxylic acids is 1. The van der Waals surface area contributed by atoms with Gasteiger partial charge in [-0.2, -0.15) is 13.2 Å². The van der Waals surface area contributed by atoms with Gasteiger partial charge in [0.05, 0.1) is 11.8 Å². The molecule has 2 aromatic carbocycles. The number of rotatable bonds is 5. The summed E-state index contributed by atoms with van der Waals surface area (Å²) in [6, 6.07) is 14.1. The van der Waals surface area contributed by atoms with Gasteiger partial charge < -0.3 is 10.6 Å².